The van der Waals surface area contributed by atoms with Crippen molar-refractivity contribution in [2.24, 2.45) is 5.73 Å². The Balaban J connectivity index is 1.95. The third-order valence-electron chi connectivity index (χ3n) is 5.21. The van der Waals surface area contributed by atoms with Crippen LogP contribution >= 0.6 is 0 Å². The second-order valence-corrected chi connectivity index (χ2v) is 7.95. The number of nitrogens with one attached hydrogen (secondary N) is 1. The Morgan fingerprint density at radius 2 is 1.47 bits per heavy atom. The zero-order valence-corrected chi connectivity index (χ0v) is 19.6. The fourth-order valence-electron chi connectivity index (χ4n) is 3.45. The quantitative estimate of drug-likeness (QED) is 0.431. The van der Waals surface area contributed by atoms with Gasteiger partial charge < -0.3 is 11.1 Å². The van der Waals surface area contributed by atoms with Crippen LogP contribution in [0.25, 0.3) is 11.1 Å². The Bertz CT molecular complexity index is 1180. The van der Waals surface area contributed by atoms with E-state index >= 15 is 0 Å². The fourth-order valence-corrected chi connectivity index (χ4v) is 3.45. The Morgan fingerprint density at radius 1 is 0.794 bits per heavy atom. The summed E-state index contributed by atoms with van der Waals surface area (Å²) >= 11 is 0. The van der Waals surface area contributed by atoms with E-state index in [9.17, 15) is 0 Å². The van der Waals surface area contributed by atoms with Gasteiger partial charge in [-0.15, -0.1) is 0 Å². The average Bonchev–Trinajstić information content (AvgIpc) is 2.84. The summed E-state index contributed by atoms with van der Waals surface area (Å²) < 4.78 is 0. The van der Waals surface area contributed by atoms with Gasteiger partial charge >= 0.3 is 0 Å². The Labute approximate surface area is 203 Å². The van der Waals surface area contributed by atoms with Gasteiger partial charge in [0.05, 0.1) is 6.04 Å². The molecule has 0 amide bonds. The summed E-state index contributed by atoms with van der Waals surface area (Å²) in [4.78, 5) is 0. The zero-order valence-electron chi connectivity index (χ0n) is 19.6. The van der Waals surface area contributed by atoms with Gasteiger partial charge in [-0.3, -0.25) is 0 Å². The lowest BCUT2D eigenvalue weighted by Gasteiger charge is -2.20. The molecule has 2 aromatic rings. The van der Waals surface area contributed by atoms with E-state index in [1.807, 2.05) is 42.6 Å². The highest BCUT2D eigenvalue weighted by Crippen LogP contribution is 2.27. The lowest BCUT2D eigenvalue weighted by atomic mass is 9.95. The largest absolute Gasteiger partial charge is 0.399 e. The molecule has 0 spiro atoms. The van der Waals surface area contributed by atoms with Crippen LogP contribution in [0.15, 0.2) is 163 Å². The molecule has 0 saturated carbocycles. The van der Waals surface area contributed by atoms with Crippen LogP contribution in [-0.4, -0.2) is 0 Å². The molecule has 1 aliphatic carbocycles. The van der Waals surface area contributed by atoms with Crippen LogP contribution in [-0.2, 0) is 0 Å². The van der Waals surface area contributed by atoms with Crippen LogP contribution in [0.2, 0.25) is 0 Å². The summed E-state index contributed by atoms with van der Waals surface area (Å²) in [5.41, 5.74) is 12.1. The van der Waals surface area contributed by atoms with Crippen molar-refractivity contribution in [2.45, 2.75) is 13.0 Å². The second kappa shape index (κ2) is 13.3. The highest BCUT2D eigenvalue weighted by Gasteiger charge is 2.13. The molecule has 2 nitrogen and oxygen atoms in total. The standard InChI is InChI=1S/C32H32N2/c1-26-14-6-3-4-7-19-30(20-11-10-15-26)32(34-25-13-12-16-27(2)33)31-23-21-29(22-24-31)28-17-8-5-9-18-28/h3-25,32,34H,2,33H2,1H3/b4-3?,6-3?,7-4?,11-10?,14-6?,15-10?,16-12-,19-7?,20-11?,25-13-,26-14?,26-15?,30-19?,30-20?. The van der Waals surface area contributed by atoms with Crippen molar-refractivity contribution in [1.29, 1.82) is 0 Å². The van der Waals surface area contributed by atoms with Crippen LogP contribution in [0.5, 0.6) is 0 Å². The van der Waals surface area contributed by atoms with E-state index in [2.05, 4.69) is 110 Å². The van der Waals surface area contributed by atoms with Crippen molar-refractivity contribution in [1.82, 2.24) is 5.32 Å². The van der Waals surface area contributed by atoms with Gasteiger partial charge in [-0.2, -0.15) is 0 Å². The predicted molar refractivity (Wildman–Crippen MR) is 148 cm³/mol. The zero-order chi connectivity index (χ0) is 24.0. The summed E-state index contributed by atoms with van der Waals surface area (Å²) in [6.45, 7) is 5.78. The molecule has 0 bridgehead atoms. The highest BCUT2D eigenvalue weighted by molar-refractivity contribution is 5.63. The summed E-state index contributed by atoms with van der Waals surface area (Å²) in [5.74, 6) is 0. The maximum Gasteiger partial charge on any atom is 0.0762 e. The number of hydrogen-bond donors (Lipinski definition) is 2. The van der Waals surface area contributed by atoms with E-state index in [4.69, 9.17) is 5.73 Å². The number of hydrogen-bond acceptors (Lipinski definition) is 2. The van der Waals surface area contributed by atoms with Gasteiger partial charge in [-0.1, -0.05) is 134 Å². The molecule has 34 heavy (non-hydrogen) atoms. The Morgan fingerprint density at radius 3 is 2.21 bits per heavy atom. The summed E-state index contributed by atoms with van der Waals surface area (Å²) in [6, 6.07) is 19.1. The smallest absolute Gasteiger partial charge is 0.0762 e. The molecule has 0 radical (unpaired) electrons. The van der Waals surface area contributed by atoms with Gasteiger partial charge in [0.1, 0.15) is 0 Å². The molecular formula is C32H32N2. The molecule has 2 aromatic carbocycles. The number of allylic oxidation sites excluding steroid dienone is 13. The van der Waals surface area contributed by atoms with Gasteiger partial charge in [-0.25, -0.2) is 0 Å². The van der Waals surface area contributed by atoms with Crippen LogP contribution in [0.3, 0.4) is 0 Å². The molecule has 0 aliphatic heterocycles. The normalized spacial score (nSPS) is 15.0. The summed E-state index contributed by atoms with van der Waals surface area (Å²) in [6.07, 6.45) is 28.3. The Hall–Kier alpha value is -4.30. The molecule has 0 fully saturated rings. The first-order valence-corrected chi connectivity index (χ1v) is 11.4. The lowest BCUT2D eigenvalue weighted by Crippen LogP contribution is -2.17. The van der Waals surface area contributed by atoms with Crippen molar-refractivity contribution in [3.8, 4) is 11.1 Å². The van der Waals surface area contributed by atoms with Crippen LogP contribution in [0.4, 0.5) is 0 Å². The van der Waals surface area contributed by atoms with Gasteiger partial charge in [0.2, 0.25) is 0 Å². The lowest BCUT2D eigenvalue weighted by molar-refractivity contribution is 0.728. The summed E-state index contributed by atoms with van der Waals surface area (Å²) in [5, 5.41) is 3.55. The molecule has 170 valence electrons. The molecule has 0 heterocycles. The number of nitrogens with two attached hydrogens (primary N) is 1. The SMILES string of the molecule is C=C(N)/C=C\C=C/NC(C1=CC=CC=C(C)C=CC=CC=C1)c1ccc(-c2ccccc2)cc1. The third kappa shape index (κ3) is 7.99. The molecule has 1 unspecified atom stereocenters. The monoisotopic (exact) mass is 444 g/mol. The number of rotatable bonds is 7. The maximum absolute atomic E-state index is 5.62. The van der Waals surface area contributed by atoms with Crippen LogP contribution in [0, 0.1) is 0 Å². The van der Waals surface area contributed by atoms with Crippen molar-refractivity contribution >= 4 is 0 Å². The topological polar surface area (TPSA) is 38.0 Å². The van der Waals surface area contributed by atoms with E-state index in [1.165, 1.54) is 22.3 Å². The minimum Gasteiger partial charge on any atom is -0.399 e. The predicted octanol–water partition coefficient (Wildman–Crippen LogP) is 7.64. The molecule has 1 atom stereocenters. The third-order valence-corrected chi connectivity index (χ3v) is 5.21. The van der Waals surface area contributed by atoms with E-state index in [0.29, 0.717) is 5.70 Å². The van der Waals surface area contributed by atoms with Crippen LogP contribution in [0.1, 0.15) is 18.5 Å². The van der Waals surface area contributed by atoms with Crippen molar-refractivity contribution in [3.63, 3.8) is 0 Å². The van der Waals surface area contributed by atoms with E-state index in [-0.39, 0.29) is 6.04 Å². The van der Waals surface area contributed by atoms with Crippen molar-refractivity contribution < 1.29 is 0 Å². The molecule has 3 N–H and O–H groups in total. The molecular weight excluding hydrogens is 412 g/mol. The first kappa shape index (κ1) is 24.3. The molecule has 2 heteroatoms. The average molecular weight is 445 g/mol. The van der Waals surface area contributed by atoms with Crippen molar-refractivity contribution in [2.75, 3.05) is 0 Å². The molecule has 1 aliphatic rings. The van der Waals surface area contributed by atoms with Crippen LogP contribution < -0.4 is 11.1 Å². The number of benzene rings is 2. The Kier molecular flexibility index (Phi) is 9.52. The van der Waals surface area contributed by atoms with E-state index < -0.39 is 0 Å². The first-order chi connectivity index (χ1) is 16.6. The molecule has 0 aromatic heterocycles. The van der Waals surface area contributed by atoms with Gasteiger partial charge in [0, 0.05) is 5.70 Å². The fraction of sp³-hybridized carbons (Fsp3) is 0.0625. The van der Waals surface area contributed by atoms with Gasteiger partial charge in [0.25, 0.3) is 0 Å². The van der Waals surface area contributed by atoms with Gasteiger partial charge in [-0.05, 0) is 47.5 Å². The van der Waals surface area contributed by atoms with Gasteiger partial charge in [0.15, 0.2) is 0 Å². The molecule has 3 rings (SSSR count). The van der Waals surface area contributed by atoms with Crippen molar-refractivity contribution in [3.05, 3.63) is 169 Å². The molecule has 0 saturated heterocycles. The highest BCUT2D eigenvalue weighted by atomic mass is 14.9. The second-order valence-electron chi connectivity index (χ2n) is 7.95. The minimum absolute atomic E-state index is 0.0339. The van der Waals surface area contributed by atoms with E-state index in [0.717, 1.165) is 5.57 Å². The minimum atomic E-state index is -0.0339. The maximum atomic E-state index is 5.62. The van der Waals surface area contributed by atoms with E-state index in [1.54, 1.807) is 6.08 Å². The summed E-state index contributed by atoms with van der Waals surface area (Å²) in [7, 11) is 0. The first-order valence-electron chi connectivity index (χ1n) is 11.4.